The van der Waals surface area contributed by atoms with E-state index in [4.69, 9.17) is 9.84 Å². The number of likely N-dealkylation sites (N-methyl/N-ethyl adjacent to an activating group) is 1. The first-order valence-electron chi connectivity index (χ1n) is 6.68. The van der Waals surface area contributed by atoms with Crippen LogP contribution < -0.4 is 0 Å². The number of nitrogens with zero attached hydrogens (tertiary/aromatic N) is 1. The van der Waals surface area contributed by atoms with Crippen molar-refractivity contribution in [2.24, 2.45) is 0 Å². The minimum Gasteiger partial charge on any atom is -0.384 e. The average molecular weight is 273 g/mol. The van der Waals surface area contributed by atoms with Gasteiger partial charge in [-0.2, -0.15) is 0 Å². The number of hydrogen-bond acceptors (Lipinski definition) is 3. The van der Waals surface area contributed by atoms with Gasteiger partial charge in [0, 0.05) is 24.8 Å². The van der Waals surface area contributed by atoms with Gasteiger partial charge >= 0.3 is 0 Å². The number of hydrogen-bond donors (Lipinski definition) is 1. The van der Waals surface area contributed by atoms with Crippen molar-refractivity contribution in [2.75, 3.05) is 26.9 Å². The zero-order valence-electron chi connectivity index (χ0n) is 11.8. The highest BCUT2D eigenvalue weighted by Gasteiger charge is 2.25. The average Bonchev–Trinajstić information content (AvgIpc) is 2.99. The van der Waals surface area contributed by atoms with Gasteiger partial charge in [-0.15, -0.1) is 0 Å². The summed E-state index contributed by atoms with van der Waals surface area (Å²) >= 11 is 0. The van der Waals surface area contributed by atoms with Gasteiger partial charge in [0.25, 0.3) is 5.91 Å². The summed E-state index contributed by atoms with van der Waals surface area (Å²) in [5, 5.41) is 8.73. The fourth-order valence-electron chi connectivity index (χ4n) is 2.26. The van der Waals surface area contributed by atoms with E-state index in [0.717, 1.165) is 17.5 Å². The number of rotatable bonds is 2. The number of aliphatic hydroxyl groups excluding tert-OH is 1. The van der Waals surface area contributed by atoms with E-state index in [2.05, 4.69) is 11.8 Å². The van der Waals surface area contributed by atoms with Gasteiger partial charge in [-0.1, -0.05) is 17.9 Å². The molecule has 1 saturated heterocycles. The summed E-state index contributed by atoms with van der Waals surface area (Å²) in [4.78, 5) is 14.3. The number of carbonyl (C=O) groups excluding carboxylic acids is 1. The Bertz CT molecular complexity index is 551. The van der Waals surface area contributed by atoms with Gasteiger partial charge in [-0.05, 0) is 31.0 Å². The Morgan fingerprint density at radius 2 is 2.35 bits per heavy atom. The van der Waals surface area contributed by atoms with Crippen molar-refractivity contribution in [3.63, 3.8) is 0 Å². The van der Waals surface area contributed by atoms with E-state index in [1.807, 2.05) is 26.1 Å². The molecule has 1 atom stereocenters. The van der Waals surface area contributed by atoms with E-state index in [9.17, 15) is 4.79 Å². The molecule has 106 valence electrons. The van der Waals surface area contributed by atoms with Crippen LogP contribution in [0.1, 0.15) is 27.9 Å². The maximum atomic E-state index is 12.6. The lowest BCUT2D eigenvalue weighted by molar-refractivity contribution is 0.0710. The molecular formula is C16H19NO3. The van der Waals surface area contributed by atoms with Crippen LogP contribution in [-0.4, -0.2) is 48.8 Å². The molecule has 0 saturated carbocycles. The molecule has 1 aliphatic heterocycles. The highest BCUT2D eigenvalue weighted by molar-refractivity contribution is 5.96. The van der Waals surface area contributed by atoms with Crippen molar-refractivity contribution in [2.45, 2.75) is 19.4 Å². The van der Waals surface area contributed by atoms with Crippen molar-refractivity contribution < 1.29 is 14.6 Å². The summed E-state index contributed by atoms with van der Waals surface area (Å²) < 4.78 is 5.33. The van der Waals surface area contributed by atoms with Crippen LogP contribution in [0.15, 0.2) is 18.2 Å². The molecule has 1 unspecified atom stereocenters. The van der Waals surface area contributed by atoms with Gasteiger partial charge in [0.2, 0.25) is 0 Å². The molecule has 1 amide bonds. The lowest BCUT2D eigenvalue weighted by atomic mass is 10.0. The zero-order chi connectivity index (χ0) is 14.5. The zero-order valence-corrected chi connectivity index (χ0v) is 11.8. The SMILES string of the molecule is Cc1ccc(C#CCO)cc1C(=O)N(C)C1CCOC1. The molecule has 1 N–H and O–H groups in total. The van der Waals surface area contributed by atoms with E-state index in [-0.39, 0.29) is 18.6 Å². The molecule has 4 heteroatoms. The van der Waals surface area contributed by atoms with Gasteiger partial charge in [0.15, 0.2) is 0 Å². The van der Waals surface area contributed by atoms with Gasteiger partial charge in [-0.3, -0.25) is 4.79 Å². The van der Waals surface area contributed by atoms with Crippen LogP contribution in [0.25, 0.3) is 0 Å². The normalized spacial score (nSPS) is 17.4. The summed E-state index contributed by atoms with van der Waals surface area (Å²) in [6.07, 6.45) is 0.880. The second kappa shape index (κ2) is 6.56. The van der Waals surface area contributed by atoms with Gasteiger partial charge in [0.1, 0.15) is 6.61 Å². The number of ether oxygens (including phenoxy) is 1. The van der Waals surface area contributed by atoms with Crippen molar-refractivity contribution in [3.8, 4) is 11.8 Å². The third-order valence-corrected chi connectivity index (χ3v) is 3.55. The minimum absolute atomic E-state index is 0.00866. The molecule has 1 aromatic rings. The lowest BCUT2D eigenvalue weighted by Gasteiger charge is -2.24. The first kappa shape index (κ1) is 14.6. The van der Waals surface area contributed by atoms with Crippen LogP contribution in [0, 0.1) is 18.8 Å². The molecule has 1 fully saturated rings. The van der Waals surface area contributed by atoms with Gasteiger partial charge in [0.05, 0.1) is 12.6 Å². The Balaban J connectivity index is 2.23. The topological polar surface area (TPSA) is 49.8 Å². The molecule has 0 spiro atoms. The molecule has 4 nitrogen and oxygen atoms in total. The second-order valence-corrected chi connectivity index (χ2v) is 4.92. The predicted molar refractivity (Wildman–Crippen MR) is 76.5 cm³/mol. The maximum absolute atomic E-state index is 12.6. The Morgan fingerprint density at radius 3 is 3.00 bits per heavy atom. The van der Waals surface area contributed by atoms with Crippen LogP contribution >= 0.6 is 0 Å². The molecule has 0 aromatic heterocycles. The number of benzene rings is 1. The molecule has 0 aliphatic carbocycles. The van der Waals surface area contributed by atoms with Crippen molar-refractivity contribution >= 4 is 5.91 Å². The second-order valence-electron chi connectivity index (χ2n) is 4.92. The Labute approximate surface area is 119 Å². The molecule has 0 radical (unpaired) electrons. The smallest absolute Gasteiger partial charge is 0.254 e. The highest BCUT2D eigenvalue weighted by Crippen LogP contribution is 2.17. The lowest BCUT2D eigenvalue weighted by Crippen LogP contribution is -2.37. The number of aliphatic hydroxyl groups is 1. The quantitative estimate of drug-likeness (QED) is 0.824. The Hall–Kier alpha value is -1.83. The minimum atomic E-state index is -0.184. The fraction of sp³-hybridized carbons (Fsp3) is 0.438. The van der Waals surface area contributed by atoms with Crippen LogP contribution in [-0.2, 0) is 4.74 Å². The molecule has 0 bridgehead atoms. The monoisotopic (exact) mass is 273 g/mol. The van der Waals surface area contributed by atoms with Gasteiger partial charge in [-0.25, -0.2) is 0 Å². The summed E-state index contributed by atoms with van der Waals surface area (Å²) in [6.45, 7) is 3.04. The molecule has 1 aliphatic rings. The number of aryl methyl sites for hydroxylation is 1. The van der Waals surface area contributed by atoms with Crippen molar-refractivity contribution in [3.05, 3.63) is 34.9 Å². The third kappa shape index (κ3) is 3.19. The van der Waals surface area contributed by atoms with E-state index in [1.54, 1.807) is 11.0 Å². The third-order valence-electron chi connectivity index (χ3n) is 3.55. The molecule has 1 aromatic carbocycles. The maximum Gasteiger partial charge on any atom is 0.254 e. The van der Waals surface area contributed by atoms with E-state index in [0.29, 0.717) is 18.8 Å². The van der Waals surface area contributed by atoms with E-state index >= 15 is 0 Å². The number of amides is 1. The summed E-state index contributed by atoms with van der Waals surface area (Å²) in [5.74, 6) is 5.42. The molecule has 2 rings (SSSR count). The van der Waals surface area contributed by atoms with Crippen LogP contribution in [0.4, 0.5) is 0 Å². The Morgan fingerprint density at radius 1 is 1.55 bits per heavy atom. The van der Waals surface area contributed by atoms with Crippen molar-refractivity contribution in [1.29, 1.82) is 0 Å². The molecule has 1 heterocycles. The molecule has 20 heavy (non-hydrogen) atoms. The summed E-state index contributed by atoms with van der Waals surface area (Å²) in [7, 11) is 1.81. The largest absolute Gasteiger partial charge is 0.384 e. The van der Waals surface area contributed by atoms with Crippen molar-refractivity contribution in [1.82, 2.24) is 4.90 Å². The van der Waals surface area contributed by atoms with Crippen LogP contribution in [0.3, 0.4) is 0 Å². The first-order valence-corrected chi connectivity index (χ1v) is 6.68. The number of carbonyl (C=O) groups is 1. The van der Waals surface area contributed by atoms with E-state index < -0.39 is 0 Å². The fourth-order valence-corrected chi connectivity index (χ4v) is 2.26. The highest BCUT2D eigenvalue weighted by atomic mass is 16.5. The predicted octanol–water partition coefficient (Wildman–Crippen LogP) is 1.20. The first-order chi connectivity index (χ1) is 9.63. The summed E-state index contributed by atoms with van der Waals surface area (Å²) in [6, 6.07) is 5.67. The summed E-state index contributed by atoms with van der Waals surface area (Å²) in [5.41, 5.74) is 2.32. The van der Waals surface area contributed by atoms with Crippen LogP contribution in [0.2, 0.25) is 0 Å². The standard InChI is InChI=1S/C16H19NO3/c1-12-5-6-13(4-3-8-18)10-15(12)16(19)17(2)14-7-9-20-11-14/h5-6,10,14,18H,7-9,11H2,1-2H3. The van der Waals surface area contributed by atoms with Gasteiger partial charge < -0.3 is 14.7 Å². The molecular weight excluding hydrogens is 254 g/mol. The van der Waals surface area contributed by atoms with Crippen LogP contribution in [0.5, 0.6) is 0 Å². The van der Waals surface area contributed by atoms with E-state index in [1.165, 1.54) is 0 Å². The Kier molecular flexibility index (Phi) is 4.78.